The van der Waals surface area contributed by atoms with Crippen LogP contribution in [-0.4, -0.2) is 34.1 Å². The van der Waals surface area contributed by atoms with E-state index in [0.717, 1.165) is 0 Å². The maximum Gasteiger partial charge on any atom is 0.326 e. The number of hydrogen-bond acceptors (Lipinski definition) is 5. The number of carboxylic acid groups (broad SMARTS) is 1. The van der Waals surface area contributed by atoms with Crippen molar-refractivity contribution in [2.45, 2.75) is 25.8 Å². The average molecular weight is 255 g/mol. The van der Waals surface area contributed by atoms with Gasteiger partial charge in [-0.1, -0.05) is 5.16 Å². The van der Waals surface area contributed by atoms with Gasteiger partial charge in [0.25, 0.3) is 0 Å². The van der Waals surface area contributed by atoms with Crippen molar-refractivity contribution >= 4 is 17.8 Å². The number of nitrogens with zero attached hydrogens (tertiary/aromatic N) is 1. The van der Waals surface area contributed by atoms with Crippen LogP contribution in [0.1, 0.15) is 17.9 Å². The van der Waals surface area contributed by atoms with Crippen molar-refractivity contribution in [1.29, 1.82) is 0 Å². The molecule has 0 saturated carbocycles. The number of carboxylic acids is 1. The SMILES string of the molecule is Cc1cc(CC(=O)N[C@@H](CC(N)=O)C(=O)O)no1. The van der Waals surface area contributed by atoms with Gasteiger partial charge in [-0.3, -0.25) is 9.59 Å². The first kappa shape index (κ1) is 13.7. The monoisotopic (exact) mass is 255 g/mol. The van der Waals surface area contributed by atoms with Crippen molar-refractivity contribution in [1.82, 2.24) is 10.5 Å². The largest absolute Gasteiger partial charge is 0.480 e. The molecular formula is C10H13N3O5. The third-order valence-electron chi connectivity index (χ3n) is 2.06. The number of nitrogens with two attached hydrogens (primary N) is 1. The third kappa shape index (κ3) is 4.24. The standard InChI is InChI=1S/C10H13N3O5/c1-5-2-6(13-18-5)3-9(15)12-7(10(16)17)4-8(11)14/h2,7H,3-4H2,1H3,(H2,11,14)(H,12,15)(H,16,17)/t7-/m0/s1. The number of nitrogens with one attached hydrogen (secondary N) is 1. The number of carbonyl (C=O) groups is 3. The molecule has 0 unspecified atom stereocenters. The second kappa shape index (κ2) is 5.80. The molecule has 0 radical (unpaired) electrons. The van der Waals surface area contributed by atoms with Crippen LogP contribution in [0.3, 0.4) is 0 Å². The highest BCUT2D eigenvalue weighted by molar-refractivity contribution is 5.88. The molecule has 0 aromatic carbocycles. The first-order valence-electron chi connectivity index (χ1n) is 5.11. The van der Waals surface area contributed by atoms with Gasteiger partial charge in [-0.2, -0.15) is 0 Å². The Morgan fingerprint density at radius 1 is 1.56 bits per heavy atom. The molecule has 8 nitrogen and oxygen atoms in total. The molecule has 8 heteroatoms. The van der Waals surface area contributed by atoms with Gasteiger partial charge in [-0.15, -0.1) is 0 Å². The Hall–Kier alpha value is -2.38. The van der Waals surface area contributed by atoms with Crippen LogP contribution < -0.4 is 11.1 Å². The highest BCUT2D eigenvalue weighted by Crippen LogP contribution is 2.02. The summed E-state index contributed by atoms with van der Waals surface area (Å²) in [5.74, 6) is -2.15. The van der Waals surface area contributed by atoms with Gasteiger partial charge in [0, 0.05) is 6.07 Å². The maximum atomic E-state index is 11.5. The predicted octanol–water partition coefficient (Wildman–Crippen LogP) is -1.03. The van der Waals surface area contributed by atoms with Gasteiger partial charge in [-0.05, 0) is 6.92 Å². The lowest BCUT2D eigenvalue weighted by molar-refractivity contribution is -0.143. The summed E-state index contributed by atoms with van der Waals surface area (Å²) >= 11 is 0. The van der Waals surface area contributed by atoms with E-state index >= 15 is 0 Å². The molecule has 98 valence electrons. The first-order chi connectivity index (χ1) is 8.38. The number of primary amides is 1. The minimum Gasteiger partial charge on any atom is -0.480 e. The van der Waals surface area contributed by atoms with Gasteiger partial charge < -0.3 is 20.7 Å². The van der Waals surface area contributed by atoms with Crippen molar-refractivity contribution < 1.29 is 24.0 Å². The molecule has 2 amide bonds. The summed E-state index contributed by atoms with van der Waals surface area (Å²) in [5.41, 5.74) is 5.26. The summed E-state index contributed by atoms with van der Waals surface area (Å²) in [7, 11) is 0. The number of aromatic nitrogens is 1. The quantitative estimate of drug-likeness (QED) is 0.594. The van der Waals surface area contributed by atoms with E-state index in [1.165, 1.54) is 0 Å². The summed E-state index contributed by atoms with van der Waals surface area (Å²) in [5, 5.41) is 14.6. The van der Waals surface area contributed by atoms with Crippen molar-refractivity contribution in [3.8, 4) is 0 Å². The second-order valence-corrected chi connectivity index (χ2v) is 3.73. The molecule has 18 heavy (non-hydrogen) atoms. The molecule has 0 fully saturated rings. The summed E-state index contributed by atoms with van der Waals surface area (Å²) in [6.07, 6.45) is -0.585. The maximum absolute atomic E-state index is 11.5. The molecule has 1 heterocycles. The number of aliphatic carboxylic acids is 1. The van der Waals surface area contributed by atoms with Crippen molar-refractivity contribution in [3.63, 3.8) is 0 Å². The van der Waals surface area contributed by atoms with Gasteiger partial charge in [0.2, 0.25) is 11.8 Å². The Morgan fingerprint density at radius 3 is 2.67 bits per heavy atom. The van der Waals surface area contributed by atoms with Crippen LogP contribution in [-0.2, 0) is 20.8 Å². The lowest BCUT2D eigenvalue weighted by Crippen LogP contribution is -2.43. The summed E-state index contributed by atoms with van der Waals surface area (Å²) in [6.45, 7) is 1.67. The lowest BCUT2D eigenvalue weighted by Gasteiger charge is -2.11. The first-order valence-corrected chi connectivity index (χ1v) is 5.11. The number of amides is 2. The fourth-order valence-corrected chi connectivity index (χ4v) is 1.31. The molecule has 0 bridgehead atoms. The predicted molar refractivity (Wildman–Crippen MR) is 58.3 cm³/mol. The van der Waals surface area contributed by atoms with Gasteiger partial charge in [0.05, 0.1) is 18.5 Å². The Balaban J connectivity index is 2.56. The zero-order valence-corrected chi connectivity index (χ0v) is 9.67. The number of hydrogen-bond donors (Lipinski definition) is 3. The van der Waals surface area contributed by atoms with Crippen LogP contribution in [0.4, 0.5) is 0 Å². The van der Waals surface area contributed by atoms with Gasteiger partial charge in [0.15, 0.2) is 0 Å². The molecule has 1 atom stereocenters. The average Bonchev–Trinajstić information content (AvgIpc) is 2.62. The van der Waals surface area contributed by atoms with Crippen LogP contribution in [0.2, 0.25) is 0 Å². The van der Waals surface area contributed by atoms with E-state index in [1.807, 2.05) is 0 Å². The highest BCUT2D eigenvalue weighted by atomic mass is 16.5. The number of carbonyl (C=O) groups excluding carboxylic acids is 2. The number of aryl methyl sites for hydroxylation is 1. The molecule has 0 aliphatic rings. The highest BCUT2D eigenvalue weighted by Gasteiger charge is 2.22. The van der Waals surface area contributed by atoms with E-state index in [4.69, 9.17) is 15.4 Å². The van der Waals surface area contributed by atoms with Gasteiger partial charge in [-0.25, -0.2) is 4.79 Å². The molecule has 1 aromatic heterocycles. The van der Waals surface area contributed by atoms with Crippen LogP contribution in [0, 0.1) is 6.92 Å². The van der Waals surface area contributed by atoms with E-state index in [1.54, 1.807) is 13.0 Å². The van der Waals surface area contributed by atoms with Gasteiger partial charge >= 0.3 is 5.97 Å². The molecule has 0 aliphatic carbocycles. The van der Waals surface area contributed by atoms with Crippen LogP contribution in [0.15, 0.2) is 10.6 Å². The van der Waals surface area contributed by atoms with Crippen molar-refractivity contribution in [2.24, 2.45) is 5.73 Å². The third-order valence-corrected chi connectivity index (χ3v) is 2.06. The van der Waals surface area contributed by atoms with Crippen LogP contribution in [0.5, 0.6) is 0 Å². The summed E-state index contributed by atoms with van der Waals surface area (Å²) in [4.78, 5) is 32.9. The molecule has 1 rings (SSSR count). The van der Waals surface area contributed by atoms with Gasteiger partial charge in [0.1, 0.15) is 11.8 Å². The van der Waals surface area contributed by atoms with Crippen molar-refractivity contribution in [3.05, 3.63) is 17.5 Å². The normalized spacial score (nSPS) is 11.8. The molecular weight excluding hydrogens is 242 g/mol. The fourth-order valence-electron chi connectivity index (χ4n) is 1.31. The Labute approximate surface area is 102 Å². The lowest BCUT2D eigenvalue weighted by atomic mass is 10.2. The summed E-state index contributed by atoms with van der Waals surface area (Å²) in [6, 6.07) is 0.228. The Bertz CT molecular complexity index is 468. The molecule has 0 spiro atoms. The van der Waals surface area contributed by atoms with Crippen molar-refractivity contribution in [2.75, 3.05) is 0 Å². The van der Waals surface area contributed by atoms with Crippen LogP contribution in [0.25, 0.3) is 0 Å². The smallest absolute Gasteiger partial charge is 0.326 e. The van der Waals surface area contributed by atoms with E-state index in [9.17, 15) is 14.4 Å². The molecule has 0 saturated heterocycles. The molecule has 4 N–H and O–H groups in total. The minimum absolute atomic E-state index is 0.125. The van der Waals surface area contributed by atoms with E-state index < -0.39 is 30.2 Å². The zero-order chi connectivity index (χ0) is 13.7. The molecule has 1 aromatic rings. The Morgan fingerprint density at radius 2 is 2.22 bits per heavy atom. The zero-order valence-electron chi connectivity index (χ0n) is 9.67. The Kier molecular flexibility index (Phi) is 4.41. The fraction of sp³-hybridized carbons (Fsp3) is 0.400. The van der Waals surface area contributed by atoms with Crippen LogP contribution >= 0.6 is 0 Å². The second-order valence-electron chi connectivity index (χ2n) is 3.73. The van der Waals surface area contributed by atoms with E-state index in [0.29, 0.717) is 11.5 Å². The summed E-state index contributed by atoms with van der Waals surface area (Å²) < 4.78 is 4.76. The van der Waals surface area contributed by atoms with E-state index in [-0.39, 0.29) is 6.42 Å². The topological polar surface area (TPSA) is 136 Å². The van der Waals surface area contributed by atoms with E-state index in [2.05, 4.69) is 10.5 Å². The molecule has 0 aliphatic heterocycles. The minimum atomic E-state index is -1.33. The number of rotatable bonds is 6.